The van der Waals surface area contributed by atoms with Crippen molar-refractivity contribution >= 4 is 23.4 Å². The second kappa shape index (κ2) is 8.14. The molecule has 2 N–H and O–H groups in total. The molecule has 0 spiro atoms. The third-order valence-electron chi connectivity index (χ3n) is 4.55. The van der Waals surface area contributed by atoms with Crippen molar-refractivity contribution in [1.82, 2.24) is 10.2 Å². The molecule has 0 bridgehead atoms. The van der Waals surface area contributed by atoms with Gasteiger partial charge in [0.25, 0.3) is 0 Å². The number of hydrogen-bond acceptors (Lipinski definition) is 3. The summed E-state index contributed by atoms with van der Waals surface area (Å²) in [5, 5.41) is 5.68. The Morgan fingerprint density at radius 3 is 2.44 bits per heavy atom. The fourth-order valence-electron chi connectivity index (χ4n) is 3.36. The van der Waals surface area contributed by atoms with Crippen molar-refractivity contribution < 1.29 is 14.4 Å². The first-order chi connectivity index (χ1) is 11.8. The van der Waals surface area contributed by atoms with Crippen LogP contribution in [0.25, 0.3) is 0 Å². The van der Waals surface area contributed by atoms with Crippen LogP contribution in [-0.2, 0) is 14.4 Å². The molecule has 136 valence electrons. The van der Waals surface area contributed by atoms with Crippen molar-refractivity contribution in [3.05, 3.63) is 28.8 Å². The molecule has 1 aromatic rings. The molecule has 0 unspecified atom stereocenters. The van der Waals surface area contributed by atoms with E-state index in [9.17, 15) is 14.4 Å². The zero-order valence-electron chi connectivity index (χ0n) is 15.4. The van der Waals surface area contributed by atoms with Crippen molar-refractivity contribution in [1.29, 1.82) is 0 Å². The summed E-state index contributed by atoms with van der Waals surface area (Å²) in [5.74, 6) is -0.440. The summed E-state index contributed by atoms with van der Waals surface area (Å²) in [6, 6.07) is 3.61. The van der Waals surface area contributed by atoms with Crippen LogP contribution < -0.4 is 10.6 Å². The zero-order valence-corrected chi connectivity index (χ0v) is 15.4. The molecule has 2 rings (SSSR count). The van der Waals surface area contributed by atoms with Gasteiger partial charge < -0.3 is 15.5 Å². The SMILES string of the molecule is CC[C@@H]1C(=O)NCCN1C(=O)CCC(=O)Nc1c(C)cc(C)cc1C. The van der Waals surface area contributed by atoms with E-state index in [0.717, 1.165) is 22.4 Å². The summed E-state index contributed by atoms with van der Waals surface area (Å²) in [7, 11) is 0. The van der Waals surface area contributed by atoms with Crippen LogP contribution in [0.3, 0.4) is 0 Å². The molecule has 0 aliphatic carbocycles. The number of carbonyl (C=O) groups excluding carboxylic acids is 3. The summed E-state index contributed by atoms with van der Waals surface area (Å²) in [5.41, 5.74) is 3.98. The molecule has 0 saturated carbocycles. The highest BCUT2D eigenvalue weighted by atomic mass is 16.2. The van der Waals surface area contributed by atoms with Crippen molar-refractivity contribution in [3.63, 3.8) is 0 Å². The number of aryl methyl sites for hydroxylation is 3. The van der Waals surface area contributed by atoms with E-state index < -0.39 is 6.04 Å². The molecule has 6 heteroatoms. The van der Waals surface area contributed by atoms with Crippen LogP contribution in [0.4, 0.5) is 5.69 Å². The van der Waals surface area contributed by atoms with E-state index in [2.05, 4.69) is 10.6 Å². The van der Waals surface area contributed by atoms with E-state index in [-0.39, 0.29) is 30.6 Å². The minimum atomic E-state index is -0.425. The molecule has 1 fully saturated rings. The molecule has 25 heavy (non-hydrogen) atoms. The van der Waals surface area contributed by atoms with Gasteiger partial charge >= 0.3 is 0 Å². The summed E-state index contributed by atoms with van der Waals surface area (Å²) >= 11 is 0. The zero-order chi connectivity index (χ0) is 18.6. The number of piperazine rings is 1. The molecule has 1 aliphatic rings. The van der Waals surface area contributed by atoms with E-state index in [1.54, 1.807) is 4.90 Å². The van der Waals surface area contributed by atoms with Crippen LogP contribution in [0.15, 0.2) is 12.1 Å². The van der Waals surface area contributed by atoms with Crippen LogP contribution >= 0.6 is 0 Å². The van der Waals surface area contributed by atoms with Crippen LogP contribution in [0.1, 0.15) is 42.9 Å². The monoisotopic (exact) mass is 345 g/mol. The van der Waals surface area contributed by atoms with Gasteiger partial charge in [-0.2, -0.15) is 0 Å². The molecule has 6 nitrogen and oxygen atoms in total. The standard InChI is InChI=1S/C19H27N3O3/c1-5-15-19(25)20-8-9-22(15)17(24)7-6-16(23)21-18-13(3)10-12(2)11-14(18)4/h10-11,15H,5-9H2,1-4H3,(H,20,25)(H,21,23)/t15-/m1/s1. The minimum absolute atomic E-state index is 0.111. The van der Waals surface area contributed by atoms with Gasteiger partial charge in [0.15, 0.2) is 0 Å². The van der Waals surface area contributed by atoms with E-state index in [1.165, 1.54) is 0 Å². The molecule has 0 radical (unpaired) electrons. The number of rotatable bonds is 5. The number of benzene rings is 1. The van der Waals surface area contributed by atoms with E-state index in [0.29, 0.717) is 19.5 Å². The largest absolute Gasteiger partial charge is 0.353 e. The minimum Gasteiger partial charge on any atom is -0.353 e. The molecular formula is C19H27N3O3. The number of anilines is 1. The lowest BCUT2D eigenvalue weighted by atomic mass is 10.0. The average molecular weight is 345 g/mol. The van der Waals surface area contributed by atoms with Crippen LogP contribution in [0.2, 0.25) is 0 Å². The highest BCUT2D eigenvalue weighted by molar-refractivity contribution is 5.95. The normalized spacial score (nSPS) is 17.2. The maximum Gasteiger partial charge on any atom is 0.242 e. The molecule has 1 aromatic carbocycles. The van der Waals surface area contributed by atoms with Crippen molar-refractivity contribution in [3.8, 4) is 0 Å². The lowest BCUT2D eigenvalue weighted by Gasteiger charge is -2.34. The first kappa shape index (κ1) is 19.0. The third kappa shape index (κ3) is 4.59. The first-order valence-electron chi connectivity index (χ1n) is 8.78. The maximum atomic E-state index is 12.4. The number of carbonyl (C=O) groups is 3. The Morgan fingerprint density at radius 2 is 1.84 bits per heavy atom. The highest BCUT2D eigenvalue weighted by Gasteiger charge is 2.31. The van der Waals surface area contributed by atoms with Gasteiger partial charge in [0.2, 0.25) is 17.7 Å². The van der Waals surface area contributed by atoms with E-state index in [4.69, 9.17) is 0 Å². The Kier molecular flexibility index (Phi) is 6.17. The highest BCUT2D eigenvalue weighted by Crippen LogP contribution is 2.22. The predicted octanol–water partition coefficient (Wildman–Crippen LogP) is 2.07. The molecule has 1 aliphatic heterocycles. The van der Waals surface area contributed by atoms with Gasteiger partial charge in [-0.15, -0.1) is 0 Å². The lowest BCUT2D eigenvalue weighted by Crippen LogP contribution is -2.56. The van der Waals surface area contributed by atoms with Crippen LogP contribution in [0.5, 0.6) is 0 Å². The number of nitrogens with zero attached hydrogens (tertiary/aromatic N) is 1. The van der Waals surface area contributed by atoms with Crippen molar-refractivity contribution in [2.45, 2.75) is 53.0 Å². The summed E-state index contributed by atoms with van der Waals surface area (Å²) < 4.78 is 0. The van der Waals surface area contributed by atoms with Gasteiger partial charge in [0.05, 0.1) is 0 Å². The third-order valence-corrected chi connectivity index (χ3v) is 4.55. The van der Waals surface area contributed by atoms with E-state index >= 15 is 0 Å². The summed E-state index contributed by atoms with van der Waals surface area (Å²) in [4.78, 5) is 38.1. The Hall–Kier alpha value is -2.37. The smallest absolute Gasteiger partial charge is 0.242 e. The van der Waals surface area contributed by atoms with Crippen LogP contribution in [0, 0.1) is 20.8 Å². The maximum absolute atomic E-state index is 12.4. The summed E-state index contributed by atoms with van der Waals surface area (Å²) in [6.07, 6.45) is 0.797. The molecular weight excluding hydrogens is 318 g/mol. The molecule has 0 aromatic heterocycles. The Bertz CT molecular complexity index is 661. The Morgan fingerprint density at radius 1 is 1.20 bits per heavy atom. The van der Waals surface area contributed by atoms with Crippen LogP contribution in [-0.4, -0.2) is 41.8 Å². The van der Waals surface area contributed by atoms with Gasteiger partial charge in [-0.3, -0.25) is 14.4 Å². The van der Waals surface area contributed by atoms with Gasteiger partial charge in [-0.05, 0) is 38.3 Å². The van der Waals surface area contributed by atoms with Gasteiger partial charge in [0.1, 0.15) is 6.04 Å². The number of nitrogens with one attached hydrogen (secondary N) is 2. The van der Waals surface area contributed by atoms with Crippen molar-refractivity contribution in [2.75, 3.05) is 18.4 Å². The Balaban J connectivity index is 1.93. The quantitative estimate of drug-likeness (QED) is 0.857. The van der Waals surface area contributed by atoms with Gasteiger partial charge in [0, 0.05) is 31.6 Å². The lowest BCUT2D eigenvalue weighted by molar-refractivity contribution is -0.143. The van der Waals surface area contributed by atoms with Gasteiger partial charge in [-0.1, -0.05) is 24.6 Å². The molecule has 1 heterocycles. The molecule has 1 atom stereocenters. The second-order valence-electron chi connectivity index (χ2n) is 6.62. The summed E-state index contributed by atoms with van der Waals surface area (Å²) in [6.45, 7) is 8.78. The fraction of sp³-hybridized carbons (Fsp3) is 0.526. The fourth-order valence-corrected chi connectivity index (χ4v) is 3.36. The second-order valence-corrected chi connectivity index (χ2v) is 6.62. The van der Waals surface area contributed by atoms with Crippen molar-refractivity contribution in [2.24, 2.45) is 0 Å². The molecule has 3 amide bonds. The van der Waals surface area contributed by atoms with Gasteiger partial charge in [-0.25, -0.2) is 0 Å². The Labute approximate surface area is 149 Å². The number of amides is 3. The average Bonchev–Trinajstić information content (AvgIpc) is 2.55. The predicted molar refractivity (Wildman–Crippen MR) is 97.3 cm³/mol. The molecule has 1 saturated heterocycles. The number of hydrogen-bond donors (Lipinski definition) is 2. The topological polar surface area (TPSA) is 78.5 Å². The van der Waals surface area contributed by atoms with E-state index in [1.807, 2.05) is 39.8 Å². The first-order valence-corrected chi connectivity index (χ1v) is 8.78.